The highest BCUT2D eigenvalue weighted by molar-refractivity contribution is 9.10. The second kappa shape index (κ2) is 12.0. The summed E-state index contributed by atoms with van der Waals surface area (Å²) >= 11 is 4.18. The Morgan fingerprint density at radius 1 is 1.17 bits per heavy atom. The van der Waals surface area contributed by atoms with Crippen molar-refractivity contribution in [2.75, 3.05) is 13.2 Å². The third kappa shape index (κ3) is 6.24. The number of non-ortho nitro benzene ring substituents is 1. The summed E-state index contributed by atoms with van der Waals surface area (Å²) in [6, 6.07) is 8.38. The summed E-state index contributed by atoms with van der Waals surface area (Å²) in [6.07, 6.45) is 1.53. The summed E-state index contributed by atoms with van der Waals surface area (Å²) < 4.78 is 17.1. The van der Waals surface area contributed by atoms with E-state index in [1.165, 1.54) is 25.1 Å². The Hall–Kier alpha value is -3.38. The molecule has 0 radical (unpaired) electrons. The first kappa shape index (κ1) is 27.2. The number of amides is 2. The molecule has 1 fully saturated rings. The average Bonchev–Trinajstić information content (AvgIpc) is 3.12. The number of hydrogen-bond acceptors (Lipinski definition) is 9. The lowest BCUT2D eigenvalue weighted by Gasteiger charge is -2.19. The van der Waals surface area contributed by atoms with Gasteiger partial charge in [0.05, 0.1) is 23.0 Å². The van der Waals surface area contributed by atoms with E-state index < -0.39 is 28.1 Å². The van der Waals surface area contributed by atoms with Gasteiger partial charge in [0, 0.05) is 16.6 Å². The first-order chi connectivity index (χ1) is 17.2. The lowest BCUT2D eigenvalue weighted by molar-refractivity contribution is -0.384. The fraction of sp³-hybridized carbons (Fsp3) is 0.292. The third-order valence-electron chi connectivity index (χ3n) is 5.00. The Bertz CT molecular complexity index is 1230. The lowest BCUT2D eigenvalue weighted by atomic mass is 10.1. The second-order valence-corrected chi connectivity index (χ2v) is 9.30. The van der Waals surface area contributed by atoms with Gasteiger partial charge in [-0.15, -0.1) is 0 Å². The molecule has 2 aromatic rings. The highest BCUT2D eigenvalue weighted by atomic mass is 79.9. The number of nitrogens with zero attached hydrogens (tertiary/aromatic N) is 2. The predicted molar refractivity (Wildman–Crippen MR) is 137 cm³/mol. The standard InChI is InChI=1S/C24H23BrN2O8S/c1-4-33-19-10-16(11-21-22(28)26(24(30)36-21)14(3)23(29)34-5-2)18(25)12-20(19)35-13-15-7-6-8-17(9-15)27(31)32/h6-12,14H,4-5,13H2,1-3H3/b21-11+/t14-/m0/s1. The molecule has 1 aliphatic rings. The maximum absolute atomic E-state index is 12.9. The zero-order chi connectivity index (χ0) is 26.4. The molecule has 0 N–H and O–H groups in total. The number of ether oxygens (including phenoxy) is 3. The molecule has 0 spiro atoms. The van der Waals surface area contributed by atoms with Gasteiger partial charge in [0.1, 0.15) is 12.6 Å². The zero-order valence-electron chi connectivity index (χ0n) is 19.7. The molecule has 0 aromatic heterocycles. The first-order valence-corrected chi connectivity index (χ1v) is 12.5. The van der Waals surface area contributed by atoms with E-state index in [-0.39, 0.29) is 23.8 Å². The lowest BCUT2D eigenvalue weighted by Crippen LogP contribution is -2.42. The van der Waals surface area contributed by atoms with Crippen molar-refractivity contribution in [3.05, 3.63) is 67.0 Å². The van der Waals surface area contributed by atoms with Crippen LogP contribution in [0.15, 0.2) is 45.8 Å². The van der Waals surface area contributed by atoms with Crippen LogP contribution in [0, 0.1) is 10.1 Å². The Labute approximate surface area is 219 Å². The van der Waals surface area contributed by atoms with Crippen molar-refractivity contribution in [1.82, 2.24) is 4.90 Å². The Kier molecular flexibility index (Phi) is 9.10. The van der Waals surface area contributed by atoms with E-state index in [2.05, 4.69) is 15.9 Å². The van der Waals surface area contributed by atoms with Crippen molar-refractivity contribution < 1.29 is 33.5 Å². The summed E-state index contributed by atoms with van der Waals surface area (Å²) in [5.41, 5.74) is 1.12. The van der Waals surface area contributed by atoms with Gasteiger partial charge in [0.25, 0.3) is 16.8 Å². The molecular weight excluding hydrogens is 556 g/mol. The summed E-state index contributed by atoms with van der Waals surface area (Å²) in [4.78, 5) is 48.9. The van der Waals surface area contributed by atoms with Crippen LogP contribution >= 0.6 is 27.7 Å². The van der Waals surface area contributed by atoms with E-state index >= 15 is 0 Å². The minimum atomic E-state index is -1.05. The number of rotatable bonds is 10. The monoisotopic (exact) mass is 578 g/mol. The fourth-order valence-electron chi connectivity index (χ4n) is 3.29. The zero-order valence-corrected chi connectivity index (χ0v) is 22.1. The van der Waals surface area contributed by atoms with Gasteiger partial charge < -0.3 is 14.2 Å². The molecule has 2 amide bonds. The number of thioether (sulfide) groups is 1. The minimum Gasteiger partial charge on any atom is -0.490 e. The van der Waals surface area contributed by atoms with Crippen molar-refractivity contribution in [2.45, 2.75) is 33.4 Å². The van der Waals surface area contributed by atoms with E-state index in [9.17, 15) is 24.5 Å². The van der Waals surface area contributed by atoms with Crippen molar-refractivity contribution in [3.63, 3.8) is 0 Å². The summed E-state index contributed by atoms with van der Waals surface area (Å²) in [5, 5.41) is 10.4. The minimum absolute atomic E-state index is 0.0381. The SMILES string of the molecule is CCOC(=O)[C@H](C)N1C(=O)S/C(=C/c2cc(OCC)c(OCc3cccc([N+](=O)[O-])c3)cc2Br)C1=O. The molecule has 0 bridgehead atoms. The van der Waals surface area contributed by atoms with E-state index in [4.69, 9.17) is 14.2 Å². The van der Waals surface area contributed by atoms with Crippen molar-refractivity contribution >= 4 is 56.6 Å². The Balaban J connectivity index is 1.85. The quantitative estimate of drug-likeness (QED) is 0.159. The highest BCUT2D eigenvalue weighted by Gasteiger charge is 2.41. The largest absolute Gasteiger partial charge is 0.490 e. The van der Waals surface area contributed by atoms with E-state index in [0.29, 0.717) is 33.7 Å². The van der Waals surface area contributed by atoms with Crippen molar-refractivity contribution in [2.24, 2.45) is 0 Å². The van der Waals surface area contributed by atoms with Gasteiger partial charge in [-0.1, -0.05) is 28.1 Å². The third-order valence-corrected chi connectivity index (χ3v) is 6.57. The van der Waals surface area contributed by atoms with Crippen LogP contribution in [0.25, 0.3) is 6.08 Å². The molecule has 36 heavy (non-hydrogen) atoms. The topological polar surface area (TPSA) is 125 Å². The summed E-state index contributed by atoms with van der Waals surface area (Å²) in [6.45, 7) is 5.42. The molecular formula is C24H23BrN2O8S. The van der Waals surface area contributed by atoms with Crippen LogP contribution in [0.4, 0.5) is 10.5 Å². The average molecular weight is 579 g/mol. The molecule has 12 heteroatoms. The predicted octanol–water partition coefficient (Wildman–Crippen LogP) is 5.32. The molecule has 1 saturated heterocycles. The number of nitro groups is 1. The van der Waals surface area contributed by atoms with E-state index in [1.54, 1.807) is 38.1 Å². The van der Waals surface area contributed by atoms with Crippen LogP contribution in [0.2, 0.25) is 0 Å². The fourth-order valence-corrected chi connectivity index (χ4v) is 4.62. The maximum Gasteiger partial charge on any atom is 0.329 e. The first-order valence-electron chi connectivity index (χ1n) is 10.9. The van der Waals surface area contributed by atoms with Gasteiger partial charge in [-0.2, -0.15) is 0 Å². The molecule has 10 nitrogen and oxygen atoms in total. The van der Waals surface area contributed by atoms with Gasteiger partial charge in [-0.3, -0.25) is 24.6 Å². The van der Waals surface area contributed by atoms with Crippen LogP contribution in [-0.2, 0) is 20.9 Å². The van der Waals surface area contributed by atoms with Crippen LogP contribution in [0.3, 0.4) is 0 Å². The smallest absolute Gasteiger partial charge is 0.329 e. The summed E-state index contributed by atoms with van der Waals surface area (Å²) in [5.74, 6) is -0.486. The molecule has 0 unspecified atom stereocenters. The highest BCUT2D eigenvalue weighted by Crippen LogP contribution is 2.39. The number of esters is 1. The molecule has 1 atom stereocenters. The van der Waals surface area contributed by atoms with E-state index in [1.807, 2.05) is 0 Å². The molecule has 1 heterocycles. The Morgan fingerprint density at radius 2 is 1.89 bits per heavy atom. The van der Waals surface area contributed by atoms with Gasteiger partial charge in [-0.25, -0.2) is 4.79 Å². The van der Waals surface area contributed by atoms with Crippen LogP contribution in [0.5, 0.6) is 11.5 Å². The van der Waals surface area contributed by atoms with E-state index in [0.717, 1.165) is 16.7 Å². The second-order valence-electron chi connectivity index (χ2n) is 7.45. The molecule has 190 valence electrons. The number of carbonyl (C=O) groups is 3. The van der Waals surface area contributed by atoms with Gasteiger partial charge >= 0.3 is 5.97 Å². The molecule has 1 aliphatic heterocycles. The molecule has 2 aromatic carbocycles. The van der Waals surface area contributed by atoms with Crippen LogP contribution in [-0.4, -0.2) is 46.2 Å². The van der Waals surface area contributed by atoms with Gasteiger partial charge in [0.2, 0.25) is 0 Å². The number of halogens is 1. The van der Waals surface area contributed by atoms with Crippen LogP contribution < -0.4 is 9.47 Å². The number of nitro benzene ring substituents is 1. The Morgan fingerprint density at radius 3 is 2.56 bits per heavy atom. The number of carbonyl (C=O) groups excluding carboxylic acids is 3. The van der Waals surface area contributed by atoms with Crippen molar-refractivity contribution in [3.8, 4) is 11.5 Å². The van der Waals surface area contributed by atoms with Gasteiger partial charge in [0.15, 0.2) is 11.5 Å². The number of hydrogen-bond donors (Lipinski definition) is 0. The number of benzene rings is 2. The van der Waals surface area contributed by atoms with Crippen molar-refractivity contribution in [1.29, 1.82) is 0 Å². The molecule has 0 aliphatic carbocycles. The molecule has 3 rings (SSSR count). The van der Waals surface area contributed by atoms with Crippen LogP contribution in [0.1, 0.15) is 31.9 Å². The molecule has 0 saturated carbocycles. The number of imide groups is 1. The summed E-state index contributed by atoms with van der Waals surface area (Å²) in [7, 11) is 0. The normalized spacial score (nSPS) is 15.2. The maximum atomic E-state index is 12.9. The van der Waals surface area contributed by atoms with Gasteiger partial charge in [-0.05, 0) is 61.9 Å².